The van der Waals surface area contributed by atoms with Crippen molar-refractivity contribution < 1.29 is 23.9 Å². The summed E-state index contributed by atoms with van der Waals surface area (Å²) in [6, 6.07) is 10.3. The number of ether oxygens (including phenoxy) is 1. The van der Waals surface area contributed by atoms with Crippen molar-refractivity contribution in [1.29, 1.82) is 0 Å². The minimum atomic E-state index is -0.611. The van der Waals surface area contributed by atoms with Crippen LogP contribution in [-0.2, 0) is 19.2 Å². The van der Waals surface area contributed by atoms with Gasteiger partial charge in [0.2, 0.25) is 17.7 Å². The molecule has 0 aromatic heterocycles. The highest BCUT2D eigenvalue weighted by molar-refractivity contribution is 6.31. The van der Waals surface area contributed by atoms with E-state index in [2.05, 4.69) is 12.2 Å². The van der Waals surface area contributed by atoms with Crippen molar-refractivity contribution in [2.75, 3.05) is 16.3 Å². The van der Waals surface area contributed by atoms with Gasteiger partial charge in [0.25, 0.3) is 0 Å². The van der Waals surface area contributed by atoms with Crippen LogP contribution in [0.4, 0.5) is 11.4 Å². The third kappa shape index (κ3) is 3.40. The Bertz CT molecular complexity index is 1340. The highest BCUT2D eigenvalue weighted by atomic mass is 35.5. The Morgan fingerprint density at radius 3 is 2.33 bits per heavy atom. The number of anilines is 2. The van der Waals surface area contributed by atoms with Gasteiger partial charge in [-0.25, -0.2) is 4.90 Å². The molecule has 0 N–H and O–H groups in total. The van der Waals surface area contributed by atoms with Crippen LogP contribution in [0.3, 0.4) is 0 Å². The SMILES string of the molecule is Cc1cc(OC(=O)[C@@H]2CC(=O)N(c3cccc(Cl)c3C)C2)ccc1N1C(=O)[C@@H]2[C@H](C1=O)[C@H]1C=C[C@H]2C1. The fourth-order valence-corrected chi connectivity index (χ4v) is 6.44. The number of aryl methyl sites for hydroxylation is 1. The third-order valence-corrected chi connectivity index (χ3v) is 8.50. The Morgan fingerprint density at radius 1 is 0.972 bits per heavy atom. The zero-order valence-electron chi connectivity index (χ0n) is 19.9. The van der Waals surface area contributed by atoms with Crippen molar-refractivity contribution in [3.8, 4) is 5.75 Å². The molecule has 7 nitrogen and oxygen atoms in total. The molecule has 0 unspecified atom stereocenters. The zero-order chi connectivity index (χ0) is 25.3. The van der Waals surface area contributed by atoms with Crippen molar-refractivity contribution in [1.82, 2.24) is 0 Å². The van der Waals surface area contributed by atoms with E-state index >= 15 is 0 Å². The van der Waals surface area contributed by atoms with Crippen LogP contribution in [0.15, 0.2) is 48.6 Å². The molecule has 6 rings (SSSR count). The first-order valence-corrected chi connectivity index (χ1v) is 12.6. The summed E-state index contributed by atoms with van der Waals surface area (Å²) in [4.78, 5) is 54.7. The summed E-state index contributed by atoms with van der Waals surface area (Å²) < 4.78 is 5.61. The number of halogens is 1. The van der Waals surface area contributed by atoms with Crippen molar-refractivity contribution in [2.24, 2.45) is 29.6 Å². The van der Waals surface area contributed by atoms with Gasteiger partial charge in [0.1, 0.15) is 5.75 Å². The lowest BCUT2D eigenvalue weighted by Gasteiger charge is -2.20. The Morgan fingerprint density at radius 2 is 1.67 bits per heavy atom. The fraction of sp³-hybridized carbons (Fsp3) is 0.357. The lowest BCUT2D eigenvalue weighted by Crippen LogP contribution is -2.33. The predicted molar refractivity (Wildman–Crippen MR) is 134 cm³/mol. The van der Waals surface area contributed by atoms with Gasteiger partial charge in [0.05, 0.1) is 23.4 Å². The Kier molecular flexibility index (Phi) is 5.30. The van der Waals surface area contributed by atoms with Crippen LogP contribution >= 0.6 is 11.6 Å². The molecule has 0 radical (unpaired) electrons. The number of carbonyl (C=O) groups is 4. The van der Waals surface area contributed by atoms with E-state index in [-0.39, 0.29) is 54.4 Å². The first kappa shape index (κ1) is 23.0. The Labute approximate surface area is 213 Å². The number of rotatable bonds is 4. The quantitative estimate of drug-likeness (QED) is 0.269. The molecular weight excluding hydrogens is 480 g/mol. The summed E-state index contributed by atoms with van der Waals surface area (Å²) in [7, 11) is 0. The normalized spacial score (nSPS) is 28.4. The van der Waals surface area contributed by atoms with Gasteiger partial charge in [-0.15, -0.1) is 0 Å². The first-order chi connectivity index (χ1) is 17.2. The Hall–Kier alpha value is -3.45. The van der Waals surface area contributed by atoms with Crippen molar-refractivity contribution in [3.63, 3.8) is 0 Å². The van der Waals surface area contributed by atoms with E-state index in [1.807, 2.05) is 13.0 Å². The molecule has 4 aliphatic rings. The van der Waals surface area contributed by atoms with Crippen LogP contribution in [0.25, 0.3) is 0 Å². The van der Waals surface area contributed by atoms with Gasteiger partial charge >= 0.3 is 5.97 Å². The van der Waals surface area contributed by atoms with Crippen molar-refractivity contribution >= 4 is 46.7 Å². The minimum absolute atomic E-state index is 0.0534. The van der Waals surface area contributed by atoms with Crippen LogP contribution in [0.5, 0.6) is 5.75 Å². The summed E-state index contributed by atoms with van der Waals surface area (Å²) in [5, 5.41) is 0.560. The lowest BCUT2D eigenvalue weighted by molar-refractivity contribution is -0.139. The van der Waals surface area contributed by atoms with Gasteiger partial charge in [0.15, 0.2) is 0 Å². The molecule has 2 aromatic rings. The number of benzene rings is 2. The average molecular weight is 505 g/mol. The number of amides is 3. The molecule has 2 aliphatic heterocycles. The molecule has 3 fully saturated rings. The van der Waals surface area contributed by atoms with Crippen molar-refractivity contribution in [3.05, 3.63) is 64.7 Å². The minimum Gasteiger partial charge on any atom is -0.426 e. The molecule has 184 valence electrons. The number of allylic oxidation sites excluding steroid dienone is 2. The summed E-state index contributed by atoms with van der Waals surface area (Å²) in [5.41, 5.74) is 2.67. The number of hydrogen-bond acceptors (Lipinski definition) is 5. The molecular formula is C28H25ClN2O5. The van der Waals surface area contributed by atoms with Gasteiger partial charge in [0, 0.05) is 23.7 Å². The second-order valence-corrected chi connectivity index (χ2v) is 10.6. The Balaban J connectivity index is 1.16. The van der Waals surface area contributed by atoms with Crippen LogP contribution < -0.4 is 14.5 Å². The van der Waals surface area contributed by atoms with E-state index in [0.717, 1.165) is 12.0 Å². The van der Waals surface area contributed by atoms with Crippen LogP contribution in [-0.4, -0.2) is 30.2 Å². The van der Waals surface area contributed by atoms with Gasteiger partial charge in [-0.2, -0.15) is 0 Å². The predicted octanol–water partition coefficient (Wildman–Crippen LogP) is 4.23. The lowest BCUT2D eigenvalue weighted by atomic mass is 9.85. The van der Waals surface area contributed by atoms with Gasteiger partial charge in [-0.3, -0.25) is 19.2 Å². The first-order valence-electron chi connectivity index (χ1n) is 12.2. The zero-order valence-corrected chi connectivity index (χ0v) is 20.7. The van der Waals surface area contributed by atoms with Crippen molar-refractivity contribution in [2.45, 2.75) is 26.7 Å². The molecule has 8 heteroatoms. The number of esters is 1. The van der Waals surface area contributed by atoms with Crippen LogP contribution in [0.1, 0.15) is 24.0 Å². The van der Waals surface area contributed by atoms with E-state index in [4.69, 9.17) is 16.3 Å². The summed E-state index contributed by atoms with van der Waals surface area (Å²) >= 11 is 6.21. The average Bonchev–Trinajstić information content (AvgIpc) is 3.60. The molecule has 0 spiro atoms. The van der Waals surface area contributed by atoms with E-state index in [0.29, 0.717) is 27.7 Å². The van der Waals surface area contributed by atoms with Crippen LogP contribution in [0.2, 0.25) is 5.02 Å². The molecule has 2 bridgehead atoms. The second-order valence-electron chi connectivity index (χ2n) is 10.2. The topological polar surface area (TPSA) is 84.0 Å². The highest BCUT2D eigenvalue weighted by Crippen LogP contribution is 2.53. The molecule has 3 amide bonds. The number of carbonyl (C=O) groups excluding carboxylic acids is 4. The summed E-state index contributed by atoms with van der Waals surface area (Å²) in [6.45, 7) is 3.84. The molecule has 2 aliphatic carbocycles. The molecule has 36 heavy (non-hydrogen) atoms. The van der Waals surface area contributed by atoms with E-state index < -0.39 is 11.9 Å². The number of hydrogen-bond donors (Lipinski definition) is 0. The number of nitrogens with zero attached hydrogens (tertiary/aromatic N) is 2. The number of imide groups is 1. The van der Waals surface area contributed by atoms with E-state index in [9.17, 15) is 19.2 Å². The maximum atomic E-state index is 13.1. The van der Waals surface area contributed by atoms with Gasteiger partial charge in [-0.05, 0) is 73.6 Å². The standard InChI is InChI=1S/C28H25ClN2O5/c1-14-10-19(8-9-21(14)31-26(33)24-16-6-7-17(11-16)25(24)27(31)34)36-28(35)18-12-23(32)30(13-18)22-5-3-4-20(29)15(22)2/h3-10,16-18,24-25H,11-13H2,1-2H3/t16-,17-,18+,24-,25+/m0/s1. The van der Waals surface area contributed by atoms with E-state index in [1.54, 1.807) is 42.2 Å². The maximum absolute atomic E-state index is 13.1. The molecule has 2 saturated heterocycles. The van der Waals surface area contributed by atoms with Gasteiger partial charge in [-0.1, -0.05) is 29.8 Å². The maximum Gasteiger partial charge on any atom is 0.316 e. The summed E-state index contributed by atoms with van der Waals surface area (Å²) in [5.74, 6) is -1.49. The smallest absolute Gasteiger partial charge is 0.316 e. The monoisotopic (exact) mass is 504 g/mol. The highest BCUT2D eigenvalue weighted by Gasteiger charge is 2.59. The summed E-state index contributed by atoms with van der Waals surface area (Å²) in [6.07, 6.45) is 5.07. The third-order valence-electron chi connectivity index (χ3n) is 8.09. The fourth-order valence-electron chi connectivity index (χ4n) is 6.27. The van der Waals surface area contributed by atoms with Crippen LogP contribution in [0, 0.1) is 43.4 Å². The largest absolute Gasteiger partial charge is 0.426 e. The molecule has 2 heterocycles. The molecule has 5 atom stereocenters. The second kappa shape index (κ2) is 8.30. The van der Waals surface area contributed by atoms with Gasteiger partial charge < -0.3 is 9.64 Å². The van der Waals surface area contributed by atoms with E-state index in [1.165, 1.54) is 4.90 Å². The molecule has 2 aromatic carbocycles. The molecule has 1 saturated carbocycles. The number of fused-ring (bicyclic) bond motifs is 5.